The zero-order valence-corrected chi connectivity index (χ0v) is 12.7. The van der Waals surface area contributed by atoms with Crippen molar-refractivity contribution in [3.8, 4) is 0 Å². The van der Waals surface area contributed by atoms with Crippen LogP contribution in [0, 0.1) is 0 Å². The van der Waals surface area contributed by atoms with Crippen molar-refractivity contribution < 1.29 is 32.2 Å². The van der Waals surface area contributed by atoms with Gasteiger partial charge in [0.05, 0.1) is 18.9 Å². The Morgan fingerprint density at radius 1 is 1.00 bits per heavy atom. The molecule has 0 radical (unpaired) electrons. The van der Waals surface area contributed by atoms with Crippen molar-refractivity contribution >= 4 is 11.9 Å². The van der Waals surface area contributed by atoms with Crippen molar-refractivity contribution in [1.82, 2.24) is 0 Å². The number of ether oxygens (including phenoxy) is 2. The van der Waals surface area contributed by atoms with Gasteiger partial charge >= 0.3 is 18.1 Å². The monoisotopic (exact) mass is 312 g/mol. The Labute approximate surface area is 123 Å². The minimum atomic E-state index is -4.59. The highest BCUT2D eigenvalue weighted by Crippen LogP contribution is 2.22. The van der Waals surface area contributed by atoms with Gasteiger partial charge in [-0.15, -0.1) is 0 Å². The Hall–Kier alpha value is -1.27. The van der Waals surface area contributed by atoms with Gasteiger partial charge in [-0.25, -0.2) is 0 Å². The second-order valence-corrected chi connectivity index (χ2v) is 4.97. The van der Waals surface area contributed by atoms with Gasteiger partial charge in [-0.2, -0.15) is 13.2 Å². The zero-order chi connectivity index (χ0) is 16.5. The summed E-state index contributed by atoms with van der Waals surface area (Å²) in [6.07, 6.45) is -3.94. The number of carbonyl (C=O) groups excluding carboxylic acids is 2. The fourth-order valence-corrected chi connectivity index (χ4v) is 1.55. The number of unbranched alkanes of at least 4 members (excludes halogenated alkanes) is 2. The summed E-state index contributed by atoms with van der Waals surface area (Å²) in [4.78, 5) is 22.6. The van der Waals surface area contributed by atoms with Gasteiger partial charge in [-0.1, -0.05) is 19.8 Å². The summed E-state index contributed by atoms with van der Waals surface area (Å²) in [5, 5.41) is 0. The molecule has 0 aromatic rings. The molecule has 7 heteroatoms. The molecule has 124 valence electrons. The second-order valence-electron chi connectivity index (χ2n) is 4.97. The predicted octanol–water partition coefficient (Wildman–Crippen LogP) is 3.77. The third-order valence-corrected chi connectivity index (χ3v) is 2.85. The minimum absolute atomic E-state index is 0.255. The zero-order valence-electron chi connectivity index (χ0n) is 12.7. The summed E-state index contributed by atoms with van der Waals surface area (Å²) in [5.41, 5.74) is 0. The van der Waals surface area contributed by atoms with Crippen LogP contribution in [0.15, 0.2) is 0 Å². The average Bonchev–Trinajstić information content (AvgIpc) is 2.35. The first kappa shape index (κ1) is 19.7. The molecule has 0 aromatic heterocycles. The molecule has 0 amide bonds. The van der Waals surface area contributed by atoms with Crippen LogP contribution in [-0.4, -0.2) is 30.3 Å². The Balaban J connectivity index is 3.89. The van der Waals surface area contributed by atoms with Crippen molar-refractivity contribution in [2.45, 2.75) is 77.7 Å². The third-order valence-electron chi connectivity index (χ3n) is 2.85. The maximum absolute atomic E-state index is 12.2. The lowest BCUT2D eigenvalue weighted by molar-refractivity contribution is -0.216. The van der Waals surface area contributed by atoms with E-state index in [2.05, 4.69) is 11.7 Å². The SMILES string of the molecule is CCCCCC(C)OC(=O)CCC(=O)OC(C)C(F)(F)F. The standard InChI is InChI=1S/C14H23F3O4/c1-4-5-6-7-10(2)20-12(18)8-9-13(19)21-11(3)14(15,16)17/h10-11H,4-9H2,1-3H3. The fourth-order valence-electron chi connectivity index (χ4n) is 1.55. The summed E-state index contributed by atoms with van der Waals surface area (Å²) in [7, 11) is 0. The summed E-state index contributed by atoms with van der Waals surface area (Å²) in [6, 6.07) is 0. The lowest BCUT2D eigenvalue weighted by Gasteiger charge is -2.16. The second kappa shape index (κ2) is 9.63. The molecule has 0 saturated heterocycles. The van der Waals surface area contributed by atoms with E-state index in [4.69, 9.17) is 4.74 Å². The number of hydrogen-bond acceptors (Lipinski definition) is 4. The third kappa shape index (κ3) is 10.1. The summed E-state index contributed by atoms with van der Waals surface area (Å²) >= 11 is 0. The van der Waals surface area contributed by atoms with Gasteiger partial charge in [0, 0.05) is 0 Å². The predicted molar refractivity (Wildman–Crippen MR) is 70.5 cm³/mol. The Morgan fingerprint density at radius 2 is 1.52 bits per heavy atom. The van der Waals surface area contributed by atoms with Crippen molar-refractivity contribution in [2.24, 2.45) is 0 Å². The van der Waals surface area contributed by atoms with Gasteiger partial charge in [0.25, 0.3) is 0 Å². The molecule has 0 rings (SSSR count). The molecule has 0 fully saturated rings. The Kier molecular flexibility index (Phi) is 9.05. The van der Waals surface area contributed by atoms with Gasteiger partial charge in [0.15, 0.2) is 6.10 Å². The van der Waals surface area contributed by atoms with Crippen LogP contribution in [0.25, 0.3) is 0 Å². The molecule has 0 aliphatic rings. The molecule has 21 heavy (non-hydrogen) atoms. The van der Waals surface area contributed by atoms with E-state index in [0.29, 0.717) is 0 Å². The summed E-state index contributed by atoms with van der Waals surface area (Å²) < 4.78 is 45.7. The molecular weight excluding hydrogens is 289 g/mol. The topological polar surface area (TPSA) is 52.6 Å². The van der Waals surface area contributed by atoms with E-state index < -0.39 is 30.6 Å². The largest absolute Gasteiger partial charge is 0.463 e. The fraction of sp³-hybridized carbons (Fsp3) is 0.857. The van der Waals surface area contributed by atoms with Gasteiger partial charge in [0.2, 0.25) is 0 Å². The molecule has 2 unspecified atom stereocenters. The van der Waals surface area contributed by atoms with Crippen molar-refractivity contribution in [3.05, 3.63) is 0 Å². The first-order valence-corrected chi connectivity index (χ1v) is 7.12. The lowest BCUT2D eigenvalue weighted by Crippen LogP contribution is -2.31. The Morgan fingerprint density at radius 3 is 2.00 bits per heavy atom. The van der Waals surface area contributed by atoms with Gasteiger partial charge in [-0.05, 0) is 26.7 Å². The van der Waals surface area contributed by atoms with Gasteiger partial charge in [0.1, 0.15) is 0 Å². The molecule has 0 bridgehead atoms. The van der Waals surface area contributed by atoms with Gasteiger partial charge in [-0.3, -0.25) is 9.59 Å². The van der Waals surface area contributed by atoms with E-state index in [1.54, 1.807) is 6.92 Å². The normalized spacial score (nSPS) is 14.4. The highest BCUT2D eigenvalue weighted by atomic mass is 19.4. The lowest BCUT2D eigenvalue weighted by atomic mass is 10.1. The van der Waals surface area contributed by atoms with Gasteiger partial charge < -0.3 is 9.47 Å². The number of esters is 2. The quantitative estimate of drug-likeness (QED) is 0.480. The molecule has 2 atom stereocenters. The number of rotatable bonds is 9. The van der Waals surface area contributed by atoms with Crippen molar-refractivity contribution in [2.75, 3.05) is 0 Å². The van der Waals surface area contributed by atoms with E-state index in [9.17, 15) is 22.8 Å². The molecule has 0 N–H and O–H groups in total. The smallest absolute Gasteiger partial charge is 0.425 e. The number of alkyl halides is 3. The minimum Gasteiger partial charge on any atom is -0.463 e. The van der Waals surface area contributed by atoms with Crippen LogP contribution in [0.2, 0.25) is 0 Å². The van der Waals surface area contributed by atoms with Crippen molar-refractivity contribution in [1.29, 1.82) is 0 Å². The van der Waals surface area contributed by atoms with E-state index in [1.165, 1.54) is 0 Å². The van der Waals surface area contributed by atoms with Crippen LogP contribution in [-0.2, 0) is 19.1 Å². The van der Waals surface area contributed by atoms with Crippen LogP contribution >= 0.6 is 0 Å². The van der Waals surface area contributed by atoms with E-state index in [0.717, 1.165) is 32.6 Å². The molecule has 0 aliphatic carbocycles. The maximum Gasteiger partial charge on any atom is 0.425 e. The highest BCUT2D eigenvalue weighted by molar-refractivity contribution is 5.77. The number of halogens is 3. The Bertz CT molecular complexity index is 329. The van der Waals surface area contributed by atoms with Crippen molar-refractivity contribution in [3.63, 3.8) is 0 Å². The van der Waals surface area contributed by atoms with Crippen LogP contribution in [0.3, 0.4) is 0 Å². The first-order chi connectivity index (χ1) is 9.66. The van der Waals surface area contributed by atoms with E-state index in [1.807, 2.05) is 0 Å². The van der Waals surface area contributed by atoms with E-state index >= 15 is 0 Å². The molecular formula is C14H23F3O4. The highest BCUT2D eigenvalue weighted by Gasteiger charge is 2.39. The summed E-state index contributed by atoms with van der Waals surface area (Å²) in [6.45, 7) is 4.55. The van der Waals surface area contributed by atoms with Crippen LogP contribution in [0.4, 0.5) is 13.2 Å². The summed E-state index contributed by atoms with van der Waals surface area (Å²) in [5.74, 6) is -1.66. The molecule has 0 saturated carbocycles. The van der Waals surface area contributed by atoms with E-state index in [-0.39, 0.29) is 12.5 Å². The average molecular weight is 312 g/mol. The molecule has 0 aliphatic heterocycles. The molecule has 4 nitrogen and oxygen atoms in total. The molecule has 0 aromatic carbocycles. The number of carbonyl (C=O) groups is 2. The molecule has 0 heterocycles. The van der Waals surface area contributed by atoms with Crippen LogP contribution in [0.1, 0.15) is 59.3 Å². The molecule has 0 spiro atoms. The number of hydrogen-bond donors (Lipinski definition) is 0. The maximum atomic E-state index is 12.2. The van der Waals surface area contributed by atoms with Crippen LogP contribution < -0.4 is 0 Å². The first-order valence-electron chi connectivity index (χ1n) is 7.12. The van der Waals surface area contributed by atoms with Crippen LogP contribution in [0.5, 0.6) is 0 Å².